The minimum Gasteiger partial charge on any atom is -0.357 e. The third kappa shape index (κ3) is 5.79. The average molecular weight is 414 g/mol. The quantitative estimate of drug-likeness (QED) is 0.514. The lowest BCUT2D eigenvalue weighted by atomic mass is 10.2. The molecule has 1 aromatic heterocycles. The number of nitrogens with one attached hydrogen (secondary N) is 2. The molecule has 1 aliphatic heterocycles. The van der Waals surface area contributed by atoms with Crippen LogP contribution in [0.2, 0.25) is 0 Å². The van der Waals surface area contributed by atoms with Gasteiger partial charge in [0, 0.05) is 43.0 Å². The molecule has 1 aromatic carbocycles. The Morgan fingerprint density at radius 3 is 2.66 bits per heavy atom. The van der Waals surface area contributed by atoms with Gasteiger partial charge in [-0.3, -0.25) is 4.79 Å². The summed E-state index contributed by atoms with van der Waals surface area (Å²) in [6.07, 6.45) is 3.49. The first-order chi connectivity index (χ1) is 14.1. The molecule has 1 amide bonds. The van der Waals surface area contributed by atoms with Gasteiger partial charge in [0.2, 0.25) is 5.91 Å². The molecule has 1 saturated heterocycles. The molecule has 0 atom stereocenters. The van der Waals surface area contributed by atoms with Crippen molar-refractivity contribution in [2.45, 2.75) is 53.0 Å². The predicted molar refractivity (Wildman–Crippen MR) is 121 cm³/mol. The Labute approximate surface area is 177 Å². The van der Waals surface area contributed by atoms with Crippen LogP contribution >= 0.6 is 11.3 Å². The van der Waals surface area contributed by atoms with Crippen LogP contribution in [0.4, 0.5) is 5.69 Å². The van der Waals surface area contributed by atoms with Gasteiger partial charge in [-0.1, -0.05) is 19.1 Å². The molecule has 29 heavy (non-hydrogen) atoms. The Morgan fingerprint density at radius 1 is 1.24 bits per heavy atom. The molecule has 156 valence electrons. The van der Waals surface area contributed by atoms with Gasteiger partial charge < -0.3 is 15.5 Å². The van der Waals surface area contributed by atoms with E-state index in [9.17, 15) is 4.79 Å². The summed E-state index contributed by atoms with van der Waals surface area (Å²) in [6, 6.07) is 8.15. The van der Waals surface area contributed by atoms with Crippen LogP contribution in [0.25, 0.3) is 0 Å². The Morgan fingerprint density at radius 2 is 2.03 bits per heavy atom. The van der Waals surface area contributed by atoms with E-state index >= 15 is 0 Å². The highest BCUT2D eigenvalue weighted by Gasteiger charge is 2.21. The molecule has 0 aliphatic carbocycles. The normalized spacial score (nSPS) is 14.5. The lowest BCUT2D eigenvalue weighted by Crippen LogP contribution is -2.38. The first-order valence-electron chi connectivity index (χ1n) is 10.5. The van der Waals surface area contributed by atoms with Crippen LogP contribution < -0.4 is 15.5 Å². The summed E-state index contributed by atoms with van der Waals surface area (Å²) in [6.45, 7) is 9.40. The lowest BCUT2D eigenvalue weighted by Gasteiger charge is -2.15. The van der Waals surface area contributed by atoms with Gasteiger partial charge in [0.1, 0.15) is 0 Å². The number of thiazole rings is 1. The second kappa shape index (κ2) is 10.4. The molecule has 2 aromatic rings. The van der Waals surface area contributed by atoms with Crippen LogP contribution in [0.15, 0.2) is 29.3 Å². The molecule has 0 bridgehead atoms. The van der Waals surface area contributed by atoms with E-state index in [1.165, 1.54) is 15.6 Å². The molecule has 2 heterocycles. The van der Waals surface area contributed by atoms with Gasteiger partial charge >= 0.3 is 0 Å². The number of hydrogen-bond acceptors (Lipinski definition) is 4. The summed E-state index contributed by atoms with van der Waals surface area (Å²) >= 11 is 1.79. The summed E-state index contributed by atoms with van der Waals surface area (Å²) in [5.74, 6) is 1.03. The highest BCUT2D eigenvalue weighted by Crippen LogP contribution is 2.22. The van der Waals surface area contributed by atoms with Gasteiger partial charge in [-0.15, -0.1) is 11.3 Å². The Bertz CT molecular complexity index is 843. The van der Waals surface area contributed by atoms with Crippen molar-refractivity contribution in [2.75, 3.05) is 24.5 Å². The van der Waals surface area contributed by atoms with Gasteiger partial charge in [0.25, 0.3) is 0 Å². The number of aliphatic imine (C=N–C) groups is 1. The summed E-state index contributed by atoms with van der Waals surface area (Å²) in [5, 5.41) is 7.87. The summed E-state index contributed by atoms with van der Waals surface area (Å²) in [5.41, 5.74) is 3.32. The Hall–Kier alpha value is -2.41. The van der Waals surface area contributed by atoms with E-state index in [0.29, 0.717) is 13.0 Å². The zero-order valence-electron chi connectivity index (χ0n) is 17.6. The maximum atomic E-state index is 11.9. The van der Waals surface area contributed by atoms with E-state index in [-0.39, 0.29) is 5.91 Å². The SMILES string of the molecule is CCNC(=NCc1ccc(N2CCCC2=O)cc1)NCCc1nc(CC)c(C)s1. The molecule has 1 aliphatic rings. The summed E-state index contributed by atoms with van der Waals surface area (Å²) in [4.78, 5) is 24.4. The van der Waals surface area contributed by atoms with Crippen molar-refractivity contribution in [2.24, 2.45) is 4.99 Å². The molecule has 0 radical (unpaired) electrons. The maximum absolute atomic E-state index is 11.9. The van der Waals surface area contributed by atoms with Crippen LogP contribution in [-0.2, 0) is 24.2 Å². The fraction of sp³-hybridized carbons (Fsp3) is 0.500. The number of carbonyl (C=O) groups is 1. The highest BCUT2D eigenvalue weighted by atomic mass is 32.1. The number of benzene rings is 1. The number of nitrogens with zero attached hydrogens (tertiary/aromatic N) is 3. The molecule has 0 spiro atoms. The average Bonchev–Trinajstić information content (AvgIpc) is 3.31. The Balaban J connectivity index is 1.53. The van der Waals surface area contributed by atoms with Gasteiger partial charge in [-0.05, 0) is 44.4 Å². The molecule has 6 nitrogen and oxygen atoms in total. The maximum Gasteiger partial charge on any atom is 0.227 e. The number of rotatable bonds is 8. The van der Waals surface area contributed by atoms with Crippen LogP contribution in [0.5, 0.6) is 0 Å². The molecule has 0 saturated carbocycles. The second-order valence-electron chi connectivity index (χ2n) is 7.15. The molecule has 0 unspecified atom stereocenters. The predicted octanol–water partition coefficient (Wildman–Crippen LogP) is 3.44. The summed E-state index contributed by atoms with van der Waals surface area (Å²) < 4.78 is 0. The molecular weight excluding hydrogens is 382 g/mol. The minimum absolute atomic E-state index is 0.218. The zero-order valence-corrected chi connectivity index (χ0v) is 18.4. The van der Waals surface area contributed by atoms with E-state index in [0.717, 1.165) is 56.1 Å². The van der Waals surface area contributed by atoms with Crippen molar-refractivity contribution < 1.29 is 4.79 Å². The second-order valence-corrected chi connectivity index (χ2v) is 8.44. The number of aromatic nitrogens is 1. The van der Waals surface area contributed by atoms with E-state index < -0.39 is 0 Å². The van der Waals surface area contributed by atoms with Crippen molar-refractivity contribution in [3.8, 4) is 0 Å². The number of carbonyl (C=O) groups excluding carboxylic acids is 1. The monoisotopic (exact) mass is 413 g/mol. The van der Waals surface area contributed by atoms with Crippen molar-refractivity contribution >= 4 is 28.9 Å². The number of guanidine groups is 1. The summed E-state index contributed by atoms with van der Waals surface area (Å²) in [7, 11) is 0. The molecule has 3 rings (SSSR count). The third-order valence-corrected chi connectivity index (χ3v) is 6.06. The highest BCUT2D eigenvalue weighted by molar-refractivity contribution is 7.11. The molecule has 7 heteroatoms. The van der Waals surface area contributed by atoms with Crippen molar-refractivity contribution in [1.29, 1.82) is 0 Å². The Kier molecular flexibility index (Phi) is 7.63. The van der Waals surface area contributed by atoms with Gasteiger partial charge in [0.05, 0.1) is 17.2 Å². The molecular formula is C22H31N5OS. The minimum atomic E-state index is 0.218. The molecule has 1 fully saturated rings. The standard InChI is InChI=1S/C22H31N5OS/c1-4-19-16(3)29-20(26-19)12-13-24-22(23-5-2)25-15-17-8-10-18(11-9-17)27-14-6-7-21(27)28/h8-11H,4-7,12-15H2,1-3H3,(H2,23,24,25). The molecule has 2 N–H and O–H groups in total. The van der Waals surface area contributed by atoms with E-state index in [4.69, 9.17) is 9.98 Å². The zero-order chi connectivity index (χ0) is 20.6. The van der Waals surface area contributed by atoms with Crippen molar-refractivity contribution in [3.05, 3.63) is 45.4 Å². The van der Waals surface area contributed by atoms with Crippen LogP contribution in [0.3, 0.4) is 0 Å². The van der Waals surface area contributed by atoms with Gasteiger partial charge in [0.15, 0.2) is 5.96 Å². The largest absolute Gasteiger partial charge is 0.357 e. The van der Waals surface area contributed by atoms with Crippen LogP contribution in [-0.4, -0.2) is 36.5 Å². The topological polar surface area (TPSA) is 69.6 Å². The fourth-order valence-electron chi connectivity index (χ4n) is 3.43. The van der Waals surface area contributed by atoms with Gasteiger partial charge in [-0.25, -0.2) is 9.98 Å². The van der Waals surface area contributed by atoms with E-state index in [1.807, 2.05) is 17.0 Å². The van der Waals surface area contributed by atoms with E-state index in [2.05, 4.69) is 43.5 Å². The fourth-order valence-corrected chi connectivity index (χ4v) is 4.45. The van der Waals surface area contributed by atoms with Crippen LogP contribution in [0.1, 0.15) is 47.8 Å². The number of hydrogen-bond donors (Lipinski definition) is 2. The first-order valence-corrected chi connectivity index (χ1v) is 11.3. The number of anilines is 1. The van der Waals surface area contributed by atoms with Crippen molar-refractivity contribution in [1.82, 2.24) is 15.6 Å². The van der Waals surface area contributed by atoms with Crippen LogP contribution in [0, 0.1) is 6.92 Å². The van der Waals surface area contributed by atoms with Crippen molar-refractivity contribution in [3.63, 3.8) is 0 Å². The smallest absolute Gasteiger partial charge is 0.227 e. The number of aryl methyl sites for hydroxylation is 2. The third-order valence-electron chi connectivity index (χ3n) is 4.99. The first kappa shape index (κ1) is 21.3. The van der Waals surface area contributed by atoms with E-state index in [1.54, 1.807) is 11.3 Å². The lowest BCUT2D eigenvalue weighted by molar-refractivity contribution is -0.117. The number of amides is 1. The van der Waals surface area contributed by atoms with Gasteiger partial charge in [-0.2, -0.15) is 0 Å².